The molecule has 31 heavy (non-hydrogen) atoms. The number of hydrogen-bond donors (Lipinski definition) is 1. The molecule has 2 amide bonds. The highest BCUT2D eigenvalue weighted by Gasteiger charge is 2.38. The molecule has 0 radical (unpaired) electrons. The number of alkyl halides is 3. The molecule has 0 atom stereocenters. The number of benzene rings is 1. The molecule has 0 unspecified atom stereocenters. The first-order valence-electron chi connectivity index (χ1n) is 8.76. The number of amides is 2. The third-order valence-corrected chi connectivity index (χ3v) is 4.05. The Kier molecular flexibility index (Phi) is 6.18. The zero-order valence-electron chi connectivity index (χ0n) is 16.1. The fourth-order valence-electron chi connectivity index (χ4n) is 2.46. The van der Waals surface area contributed by atoms with Crippen molar-refractivity contribution in [2.75, 3.05) is 7.05 Å². The fourth-order valence-corrected chi connectivity index (χ4v) is 2.46. The molecule has 1 aromatic carbocycles. The maximum atomic E-state index is 12.6. The van der Waals surface area contributed by atoms with E-state index in [0.29, 0.717) is 16.7 Å². The van der Waals surface area contributed by atoms with E-state index >= 15 is 0 Å². The van der Waals surface area contributed by atoms with Gasteiger partial charge in [-0.25, -0.2) is 4.79 Å². The number of nitrogens with zero attached hydrogens (tertiary/aromatic N) is 4. The van der Waals surface area contributed by atoms with Gasteiger partial charge in [0.25, 0.3) is 5.91 Å². The van der Waals surface area contributed by atoms with Gasteiger partial charge < -0.3 is 19.9 Å². The SMILES string of the molecule is CN(Cc1ccc(-c2noc(C(F)(F)F)n2)cc1)C(=O)OCc1ccc(C(N)=O)nc1. The number of pyridine rings is 1. The minimum absolute atomic E-state index is 0.0481. The van der Waals surface area contributed by atoms with Gasteiger partial charge in [-0.05, 0) is 11.6 Å². The van der Waals surface area contributed by atoms with Crippen LogP contribution in [0.15, 0.2) is 47.1 Å². The second-order valence-electron chi connectivity index (χ2n) is 6.44. The number of aromatic nitrogens is 3. The monoisotopic (exact) mass is 435 g/mol. The van der Waals surface area contributed by atoms with Crippen LogP contribution < -0.4 is 5.73 Å². The van der Waals surface area contributed by atoms with Crippen LogP contribution in [0.5, 0.6) is 0 Å². The lowest BCUT2D eigenvalue weighted by atomic mass is 10.1. The molecular weight excluding hydrogens is 419 g/mol. The summed E-state index contributed by atoms with van der Waals surface area (Å²) in [6.07, 6.45) is -3.93. The van der Waals surface area contributed by atoms with Gasteiger partial charge in [-0.2, -0.15) is 18.2 Å². The lowest BCUT2D eigenvalue weighted by Crippen LogP contribution is -2.26. The Morgan fingerprint density at radius 2 is 1.81 bits per heavy atom. The minimum atomic E-state index is -4.71. The Morgan fingerprint density at radius 1 is 1.13 bits per heavy atom. The Labute approximate surface area is 173 Å². The molecule has 2 aromatic heterocycles. The van der Waals surface area contributed by atoms with Crippen LogP contribution in [0.25, 0.3) is 11.4 Å². The summed E-state index contributed by atoms with van der Waals surface area (Å²) in [4.78, 5) is 31.6. The van der Waals surface area contributed by atoms with E-state index in [1.54, 1.807) is 18.2 Å². The van der Waals surface area contributed by atoms with Gasteiger partial charge >= 0.3 is 18.2 Å². The van der Waals surface area contributed by atoms with Gasteiger partial charge in [-0.1, -0.05) is 35.5 Å². The standard InChI is InChI=1S/C19H16F3N5O4/c1-27(18(29)30-10-12-4-7-14(15(23)28)24-8-12)9-11-2-5-13(6-3-11)16-25-17(31-26-16)19(20,21)22/h2-8H,9-10H2,1H3,(H2,23,28). The minimum Gasteiger partial charge on any atom is -0.444 e. The number of carbonyl (C=O) groups excluding carboxylic acids is 2. The summed E-state index contributed by atoms with van der Waals surface area (Å²) < 4.78 is 47.1. The van der Waals surface area contributed by atoms with Crippen LogP contribution in [-0.4, -0.2) is 39.1 Å². The molecule has 0 saturated heterocycles. The zero-order chi connectivity index (χ0) is 22.6. The van der Waals surface area contributed by atoms with E-state index in [-0.39, 0.29) is 24.7 Å². The van der Waals surface area contributed by atoms with E-state index in [0.717, 1.165) is 0 Å². The molecule has 3 rings (SSSR count). The first kappa shape index (κ1) is 21.7. The largest absolute Gasteiger partial charge is 0.471 e. The number of carbonyl (C=O) groups is 2. The summed E-state index contributed by atoms with van der Waals surface area (Å²) >= 11 is 0. The predicted molar refractivity (Wildman–Crippen MR) is 99.1 cm³/mol. The van der Waals surface area contributed by atoms with Crippen molar-refractivity contribution >= 4 is 12.0 Å². The number of halogens is 3. The highest BCUT2D eigenvalue weighted by Crippen LogP contribution is 2.29. The quantitative estimate of drug-likeness (QED) is 0.631. The third kappa shape index (κ3) is 5.56. The summed E-state index contributed by atoms with van der Waals surface area (Å²) in [7, 11) is 1.53. The van der Waals surface area contributed by atoms with Crippen LogP contribution in [0.3, 0.4) is 0 Å². The average Bonchev–Trinajstić information content (AvgIpc) is 3.23. The van der Waals surface area contributed by atoms with E-state index < -0.39 is 24.1 Å². The van der Waals surface area contributed by atoms with Crippen LogP contribution >= 0.6 is 0 Å². The molecule has 162 valence electrons. The van der Waals surface area contributed by atoms with Crippen LogP contribution in [0.1, 0.15) is 27.5 Å². The summed E-state index contributed by atoms with van der Waals surface area (Å²) in [6, 6.07) is 9.28. The van der Waals surface area contributed by atoms with Gasteiger partial charge in [-0.15, -0.1) is 0 Å². The lowest BCUT2D eigenvalue weighted by Gasteiger charge is -2.17. The normalized spacial score (nSPS) is 11.2. The Bertz CT molecular complexity index is 1070. The van der Waals surface area contributed by atoms with Crippen LogP contribution in [0.4, 0.5) is 18.0 Å². The van der Waals surface area contributed by atoms with Crippen molar-refractivity contribution in [3.63, 3.8) is 0 Å². The van der Waals surface area contributed by atoms with Crippen LogP contribution in [0, 0.1) is 0 Å². The van der Waals surface area contributed by atoms with Gasteiger partial charge in [0, 0.05) is 30.9 Å². The number of hydrogen-bond acceptors (Lipinski definition) is 7. The molecule has 2 heterocycles. The van der Waals surface area contributed by atoms with Gasteiger partial charge in [0.1, 0.15) is 12.3 Å². The molecule has 0 aliphatic rings. The summed E-state index contributed by atoms with van der Waals surface area (Å²) in [5, 5.41) is 3.32. The maximum absolute atomic E-state index is 12.6. The predicted octanol–water partition coefficient (Wildman–Crippen LogP) is 3.02. The van der Waals surface area contributed by atoms with Crippen molar-refractivity contribution < 1.29 is 32.0 Å². The van der Waals surface area contributed by atoms with Crippen LogP contribution in [0.2, 0.25) is 0 Å². The van der Waals surface area contributed by atoms with Crippen molar-refractivity contribution in [3.05, 3.63) is 65.3 Å². The van der Waals surface area contributed by atoms with Gasteiger partial charge in [0.2, 0.25) is 5.82 Å². The second-order valence-corrected chi connectivity index (χ2v) is 6.44. The number of rotatable bonds is 6. The zero-order valence-corrected chi connectivity index (χ0v) is 16.1. The first-order chi connectivity index (χ1) is 14.6. The molecule has 0 spiro atoms. The Morgan fingerprint density at radius 3 is 2.35 bits per heavy atom. The van der Waals surface area contributed by atoms with Crippen molar-refractivity contribution in [1.29, 1.82) is 0 Å². The molecule has 0 fully saturated rings. The average molecular weight is 435 g/mol. The van der Waals surface area contributed by atoms with Crippen molar-refractivity contribution in [3.8, 4) is 11.4 Å². The molecule has 0 bridgehead atoms. The van der Waals surface area contributed by atoms with Gasteiger partial charge in [0.05, 0.1) is 0 Å². The summed E-state index contributed by atoms with van der Waals surface area (Å²) in [5.74, 6) is -2.27. The maximum Gasteiger partial charge on any atom is 0.471 e. The van der Waals surface area contributed by atoms with E-state index in [2.05, 4.69) is 19.6 Å². The molecule has 3 aromatic rings. The van der Waals surface area contributed by atoms with Crippen molar-refractivity contribution in [2.45, 2.75) is 19.3 Å². The topological polar surface area (TPSA) is 124 Å². The van der Waals surface area contributed by atoms with Crippen molar-refractivity contribution in [1.82, 2.24) is 20.0 Å². The number of ether oxygens (including phenoxy) is 1. The molecule has 0 aliphatic heterocycles. The Hall–Kier alpha value is -3.96. The van der Waals surface area contributed by atoms with E-state index in [9.17, 15) is 22.8 Å². The molecule has 2 N–H and O–H groups in total. The lowest BCUT2D eigenvalue weighted by molar-refractivity contribution is -0.159. The van der Waals surface area contributed by atoms with Gasteiger partial charge in [-0.3, -0.25) is 9.78 Å². The van der Waals surface area contributed by atoms with Crippen molar-refractivity contribution in [2.24, 2.45) is 5.73 Å². The summed E-state index contributed by atoms with van der Waals surface area (Å²) in [6.45, 7) is 0.144. The second kappa shape index (κ2) is 8.81. The van der Waals surface area contributed by atoms with Crippen LogP contribution in [-0.2, 0) is 24.1 Å². The highest BCUT2D eigenvalue weighted by atomic mass is 19.4. The molecule has 0 aliphatic carbocycles. The fraction of sp³-hybridized carbons (Fsp3) is 0.211. The third-order valence-electron chi connectivity index (χ3n) is 4.05. The molecular formula is C19H16F3N5O4. The summed E-state index contributed by atoms with van der Waals surface area (Å²) in [5.41, 5.74) is 6.83. The molecule has 9 nitrogen and oxygen atoms in total. The van der Waals surface area contributed by atoms with Gasteiger partial charge in [0.15, 0.2) is 0 Å². The number of primary amides is 1. The highest BCUT2D eigenvalue weighted by molar-refractivity contribution is 5.90. The van der Waals surface area contributed by atoms with E-state index in [4.69, 9.17) is 10.5 Å². The number of nitrogens with two attached hydrogens (primary N) is 1. The smallest absolute Gasteiger partial charge is 0.444 e. The van der Waals surface area contributed by atoms with E-state index in [1.807, 2.05) is 0 Å². The Balaban J connectivity index is 1.55. The first-order valence-corrected chi connectivity index (χ1v) is 8.76. The molecule has 0 saturated carbocycles. The van der Waals surface area contributed by atoms with E-state index in [1.165, 1.54) is 36.3 Å². The molecule has 12 heteroatoms.